The van der Waals surface area contributed by atoms with E-state index in [0.717, 1.165) is 53.3 Å². The number of hydrogen-bond acceptors (Lipinski definition) is 4. The molecule has 2 aromatic carbocycles. The molecule has 150 valence electrons. The number of carbonyl (C=O) groups excluding carboxylic acids is 1. The number of hydrogen-bond donors (Lipinski definition) is 1. The molecule has 1 saturated carbocycles. The maximum atomic E-state index is 12.5. The summed E-state index contributed by atoms with van der Waals surface area (Å²) in [5.74, 6) is 0.262. The highest BCUT2D eigenvalue weighted by Gasteiger charge is 2.39. The Morgan fingerprint density at radius 3 is 2.48 bits per heavy atom. The molecule has 1 amide bonds. The molecule has 0 aromatic heterocycles. The van der Waals surface area contributed by atoms with E-state index in [9.17, 15) is 4.79 Å². The smallest absolute Gasteiger partial charge is 0.234 e. The molecule has 0 bridgehead atoms. The molecule has 2 aromatic rings. The molecule has 0 atom stereocenters. The van der Waals surface area contributed by atoms with Crippen LogP contribution in [0.4, 0.5) is 5.69 Å². The first-order valence-corrected chi connectivity index (χ1v) is 11.3. The van der Waals surface area contributed by atoms with Crippen molar-refractivity contribution in [2.75, 3.05) is 11.1 Å². The number of benzene rings is 2. The van der Waals surface area contributed by atoms with E-state index in [1.54, 1.807) is 0 Å². The van der Waals surface area contributed by atoms with E-state index < -0.39 is 0 Å². The van der Waals surface area contributed by atoms with Crippen molar-refractivity contribution >= 4 is 45.7 Å². The molecule has 4 rings (SSSR count). The van der Waals surface area contributed by atoms with Gasteiger partial charge in [-0.05, 0) is 74.9 Å². The van der Waals surface area contributed by atoms with Crippen molar-refractivity contribution in [1.82, 2.24) is 0 Å². The standard InChI is InChI=1S/C23H24ClN3OS/c1-15-5-10-19(13-16(15)2)25-20(28)14-29-22-21(17-6-8-18(24)9-7-17)26-23(27-22)11-3-4-12-23/h5-10,13H,3-4,11-12,14H2,1-2H3,(H,25,28). The summed E-state index contributed by atoms with van der Waals surface area (Å²) in [6.45, 7) is 4.11. The third-order valence-corrected chi connectivity index (χ3v) is 6.70. The zero-order valence-corrected chi connectivity index (χ0v) is 18.2. The summed E-state index contributed by atoms with van der Waals surface area (Å²) in [5, 5.41) is 4.53. The molecule has 2 aliphatic rings. The molecule has 1 aliphatic heterocycles. The minimum absolute atomic E-state index is 0.0382. The molecule has 29 heavy (non-hydrogen) atoms. The second kappa shape index (κ2) is 8.33. The fourth-order valence-electron chi connectivity index (χ4n) is 3.73. The summed E-state index contributed by atoms with van der Waals surface area (Å²) in [6.07, 6.45) is 4.24. The number of carbonyl (C=O) groups is 1. The van der Waals surface area contributed by atoms with Crippen molar-refractivity contribution in [2.24, 2.45) is 9.98 Å². The summed E-state index contributed by atoms with van der Waals surface area (Å²) in [7, 11) is 0. The zero-order chi connectivity index (χ0) is 20.4. The predicted octanol–water partition coefficient (Wildman–Crippen LogP) is 5.80. The van der Waals surface area contributed by atoms with Gasteiger partial charge in [-0.1, -0.05) is 41.6 Å². The number of amides is 1. The van der Waals surface area contributed by atoms with E-state index in [0.29, 0.717) is 10.8 Å². The maximum Gasteiger partial charge on any atom is 0.234 e. The number of halogens is 1. The Morgan fingerprint density at radius 2 is 1.79 bits per heavy atom. The van der Waals surface area contributed by atoms with Gasteiger partial charge in [0, 0.05) is 16.3 Å². The van der Waals surface area contributed by atoms with Crippen LogP contribution in [0.15, 0.2) is 52.4 Å². The highest BCUT2D eigenvalue weighted by Crippen LogP contribution is 2.40. The lowest BCUT2D eigenvalue weighted by atomic mass is 10.1. The van der Waals surface area contributed by atoms with Gasteiger partial charge in [0.1, 0.15) is 5.04 Å². The van der Waals surface area contributed by atoms with Crippen LogP contribution < -0.4 is 5.32 Å². The summed E-state index contributed by atoms with van der Waals surface area (Å²) < 4.78 is 0. The first-order valence-electron chi connectivity index (χ1n) is 9.90. The van der Waals surface area contributed by atoms with E-state index in [-0.39, 0.29) is 11.6 Å². The Bertz CT molecular complexity index is 992. The lowest BCUT2D eigenvalue weighted by molar-refractivity contribution is -0.113. The number of aliphatic imine (C=N–C) groups is 2. The lowest BCUT2D eigenvalue weighted by Crippen LogP contribution is -2.18. The van der Waals surface area contributed by atoms with Gasteiger partial charge in [0.2, 0.25) is 5.91 Å². The largest absolute Gasteiger partial charge is 0.325 e. The monoisotopic (exact) mass is 425 g/mol. The molecule has 0 saturated heterocycles. The number of thioether (sulfide) groups is 1. The van der Waals surface area contributed by atoms with E-state index in [1.807, 2.05) is 49.4 Å². The summed E-state index contributed by atoms with van der Waals surface area (Å²) in [6, 6.07) is 13.6. The van der Waals surface area contributed by atoms with Gasteiger partial charge < -0.3 is 5.32 Å². The van der Waals surface area contributed by atoms with Gasteiger partial charge in [-0.3, -0.25) is 9.79 Å². The third kappa shape index (κ3) is 4.57. The average Bonchev–Trinajstić information content (AvgIpc) is 3.31. The lowest BCUT2D eigenvalue weighted by Gasteiger charge is -2.14. The van der Waals surface area contributed by atoms with Crippen LogP contribution >= 0.6 is 23.4 Å². The Labute approximate surface area is 180 Å². The summed E-state index contributed by atoms with van der Waals surface area (Å²) in [5.41, 5.74) is 4.75. The van der Waals surface area contributed by atoms with Crippen LogP contribution in [0.2, 0.25) is 5.02 Å². The van der Waals surface area contributed by atoms with Gasteiger partial charge in [-0.2, -0.15) is 0 Å². The van der Waals surface area contributed by atoms with Crippen molar-refractivity contribution in [1.29, 1.82) is 0 Å². The fraction of sp³-hybridized carbons (Fsp3) is 0.348. The molecule has 4 nitrogen and oxygen atoms in total. The Kier molecular flexibility index (Phi) is 5.79. The van der Waals surface area contributed by atoms with Crippen LogP contribution in [-0.4, -0.2) is 28.1 Å². The molecule has 0 unspecified atom stereocenters. The van der Waals surface area contributed by atoms with Crippen molar-refractivity contribution < 1.29 is 4.79 Å². The second-order valence-corrected chi connectivity index (χ2v) is 9.11. The highest BCUT2D eigenvalue weighted by molar-refractivity contribution is 8.16. The Balaban J connectivity index is 1.48. The van der Waals surface area contributed by atoms with E-state index in [4.69, 9.17) is 21.6 Å². The topological polar surface area (TPSA) is 53.8 Å². The average molecular weight is 426 g/mol. The molecule has 1 fully saturated rings. The van der Waals surface area contributed by atoms with Crippen LogP contribution in [0.25, 0.3) is 0 Å². The van der Waals surface area contributed by atoms with Crippen molar-refractivity contribution in [3.63, 3.8) is 0 Å². The molecule has 1 N–H and O–H groups in total. The van der Waals surface area contributed by atoms with Crippen LogP contribution in [0.1, 0.15) is 42.4 Å². The molecular formula is C23H24ClN3OS. The van der Waals surface area contributed by atoms with Crippen LogP contribution in [0.5, 0.6) is 0 Å². The molecule has 6 heteroatoms. The van der Waals surface area contributed by atoms with Gasteiger partial charge in [-0.25, -0.2) is 4.99 Å². The van der Waals surface area contributed by atoms with Crippen LogP contribution in [0.3, 0.4) is 0 Å². The first kappa shape index (κ1) is 20.2. The minimum Gasteiger partial charge on any atom is -0.325 e. The third-order valence-electron chi connectivity index (χ3n) is 5.48. The highest BCUT2D eigenvalue weighted by atomic mass is 35.5. The maximum absolute atomic E-state index is 12.5. The van der Waals surface area contributed by atoms with E-state index in [1.165, 1.54) is 17.3 Å². The van der Waals surface area contributed by atoms with Gasteiger partial charge >= 0.3 is 0 Å². The SMILES string of the molecule is Cc1ccc(NC(=O)CSC2=NC3(CCCC3)N=C2c2ccc(Cl)cc2)cc1C. The Hall–Kier alpha value is -2.11. The summed E-state index contributed by atoms with van der Waals surface area (Å²) in [4.78, 5) is 22.5. The second-order valence-electron chi connectivity index (χ2n) is 7.71. The molecule has 1 heterocycles. The van der Waals surface area contributed by atoms with E-state index in [2.05, 4.69) is 12.2 Å². The Morgan fingerprint density at radius 1 is 1.07 bits per heavy atom. The first-order chi connectivity index (χ1) is 13.9. The number of rotatable bonds is 4. The fourth-order valence-corrected chi connectivity index (χ4v) is 4.73. The van der Waals surface area contributed by atoms with Crippen molar-refractivity contribution in [2.45, 2.75) is 45.2 Å². The number of anilines is 1. The predicted molar refractivity (Wildman–Crippen MR) is 124 cm³/mol. The van der Waals surface area contributed by atoms with Crippen LogP contribution in [-0.2, 0) is 4.79 Å². The van der Waals surface area contributed by atoms with Crippen molar-refractivity contribution in [3.8, 4) is 0 Å². The summed E-state index contributed by atoms with van der Waals surface area (Å²) >= 11 is 7.51. The number of nitrogens with one attached hydrogen (secondary N) is 1. The number of nitrogens with zero attached hydrogens (tertiary/aromatic N) is 2. The van der Waals surface area contributed by atoms with Gasteiger partial charge in [0.25, 0.3) is 0 Å². The van der Waals surface area contributed by atoms with Crippen molar-refractivity contribution in [3.05, 3.63) is 64.2 Å². The number of aryl methyl sites for hydroxylation is 2. The minimum atomic E-state index is -0.332. The normalized spacial score (nSPS) is 17.3. The molecule has 0 radical (unpaired) electrons. The van der Waals surface area contributed by atoms with Crippen LogP contribution in [0, 0.1) is 13.8 Å². The van der Waals surface area contributed by atoms with Gasteiger partial charge in [-0.15, -0.1) is 0 Å². The van der Waals surface area contributed by atoms with Gasteiger partial charge in [0.15, 0.2) is 5.66 Å². The zero-order valence-electron chi connectivity index (χ0n) is 16.7. The quantitative estimate of drug-likeness (QED) is 0.672. The molecular weight excluding hydrogens is 402 g/mol. The molecule has 1 aliphatic carbocycles. The van der Waals surface area contributed by atoms with E-state index >= 15 is 0 Å². The van der Waals surface area contributed by atoms with Gasteiger partial charge in [0.05, 0.1) is 11.5 Å². The molecule has 1 spiro atoms.